The number of phenolic OH excluding ortho intramolecular Hbond substituents is 1. The summed E-state index contributed by atoms with van der Waals surface area (Å²) in [5, 5.41) is 41.0. The van der Waals surface area contributed by atoms with Crippen LogP contribution in [0.15, 0.2) is 24.3 Å². The minimum Gasteiger partial charge on any atom is -0.508 e. The van der Waals surface area contributed by atoms with Crippen LogP contribution in [-0.4, -0.2) is 111 Å². The molecule has 8 N–H and O–H groups in total. The molecule has 0 aliphatic carbocycles. The highest BCUT2D eigenvalue weighted by molar-refractivity contribution is 5.98. The summed E-state index contributed by atoms with van der Waals surface area (Å²) in [6, 6.07) is -1.14. The number of nitrogens with one attached hydrogen (secondary N) is 5. The average molecular weight is 763 g/mol. The van der Waals surface area contributed by atoms with Gasteiger partial charge in [0.2, 0.25) is 35.4 Å². The zero-order valence-electron chi connectivity index (χ0n) is 32.4. The van der Waals surface area contributed by atoms with E-state index in [2.05, 4.69) is 26.6 Å². The topological polar surface area (TPSA) is 261 Å². The molecule has 1 unspecified atom stereocenters. The summed E-state index contributed by atoms with van der Waals surface area (Å²) in [5.41, 5.74) is 0.592. The van der Waals surface area contributed by atoms with E-state index in [0.29, 0.717) is 12.0 Å². The van der Waals surface area contributed by atoms with Crippen molar-refractivity contribution in [3.8, 4) is 5.75 Å². The first-order valence-corrected chi connectivity index (χ1v) is 18.2. The van der Waals surface area contributed by atoms with Gasteiger partial charge >= 0.3 is 11.9 Å². The Bertz CT molecular complexity index is 1460. The average Bonchev–Trinajstić information content (AvgIpc) is 3.08. The Morgan fingerprint density at radius 1 is 0.648 bits per heavy atom. The van der Waals surface area contributed by atoms with E-state index in [-0.39, 0.29) is 37.6 Å². The molecule has 1 aromatic carbocycles. The molecule has 0 fully saturated rings. The van der Waals surface area contributed by atoms with Crippen molar-refractivity contribution in [1.29, 1.82) is 0 Å². The maximum absolute atomic E-state index is 13.9. The third-order valence-electron chi connectivity index (χ3n) is 8.82. The van der Waals surface area contributed by atoms with Crippen LogP contribution in [0.2, 0.25) is 0 Å². The van der Waals surface area contributed by atoms with Crippen LogP contribution in [-0.2, 0) is 44.8 Å². The molecule has 0 bridgehead atoms. The third kappa shape index (κ3) is 15.8. The van der Waals surface area contributed by atoms with E-state index in [1.54, 1.807) is 67.5 Å². The molecule has 0 saturated heterocycles. The molecule has 6 atom stereocenters. The van der Waals surface area contributed by atoms with Crippen molar-refractivity contribution in [2.45, 2.75) is 118 Å². The minimum atomic E-state index is -1.77. The Kier molecular flexibility index (Phi) is 19.7. The fraction of sp³-hybridized carbons (Fsp3) is 0.622. The molecule has 0 spiro atoms. The molecule has 0 aliphatic heterocycles. The number of carboxylic acid groups (broad SMARTS) is 2. The van der Waals surface area contributed by atoms with Gasteiger partial charge in [-0.2, -0.15) is 0 Å². The van der Waals surface area contributed by atoms with Gasteiger partial charge in [0, 0.05) is 13.1 Å². The lowest BCUT2D eigenvalue weighted by atomic mass is 9.95. The Morgan fingerprint density at radius 2 is 1.15 bits per heavy atom. The predicted molar refractivity (Wildman–Crippen MR) is 198 cm³/mol. The summed E-state index contributed by atoms with van der Waals surface area (Å²) in [6.07, 6.45) is -1.20. The van der Waals surface area contributed by atoms with Gasteiger partial charge in [0.1, 0.15) is 36.0 Å². The molecule has 0 heterocycles. The van der Waals surface area contributed by atoms with Gasteiger partial charge in [0.05, 0.1) is 19.3 Å². The number of carboxylic acids is 2. The summed E-state index contributed by atoms with van der Waals surface area (Å²) in [7, 11) is 0. The second-order valence-corrected chi connectivity index (χ2v) is 14.0. The number of phenols is 1. The highest BCUT2D eigenvalue weighted by Gasteiger charge is 2.36. The molecule has 0 aromatic heterocycles. The van der Waals surface area contributed by atoms with Crippen molar-refractivity contribution in [1.82, 2.24) is 31.5 Å². The van der Waals surface area contributed by atoms with Gasteiger partial charge in [-0.05, 0) is 55.7 Å². The van der Waals surface area contributed by atoms with Crippen LogP contribution in [0, 0.1) is 17.8 Å². The first-order chi connectivity index (χ1) is 25.2. The molecule has 302 valence electrons. The summed E-state index contributed by atoms with van der Waals surface area (Å²) in [6.45, 7) is 14.3. The van der Waals surface area contributed by atoms with Crippen molar-refractivity contribution >= 4 is 47.4 Å². The smallest absolute Gasteiger partial charge is 0.326 e. The second-order valence-electron chi connectivity index (χ2n) is 14.0. The van der Waals surface area contributed by atoms with Crippen molar-refractivity contribution in [2.24, 2.45) is 17.8 Å². The number of hydrogen-bond donors (Lipinski definition) is 8. The fourth-order valence-electron chi connectivity index (χ4n) is 5.48. The van der Waals surface area contributed by atoms with Crippen molar-refractivity contribution in [3.63, 3.8) is 0 Å². The van der Waals surface area contributed by atoms with Gasteiger partial charge in [-0.15, -0.1) is 0 Å². The Hall–Kier alpha value is -5.22. The zero-order valence-corrected chi connectivity index (χ0v) is 32.4. The number of aromatic hydroxyl groups is 1. The van der Waals surface area contributed by atoms with E-state index in [9.17, 15) is 53.7 Å². The highest BCUT2D eigenvalue weighted by atomic mass is 16.4. The third-order valence-corrected chi connectivity index (χ3v) is 8.82. The number of benzene rings is 1. The van der Waals surface area contributed by atoms with E-state index in [1.165, 1.54) is 17.0 Å². The molecule has 0 saturated carbocycles. The lowest BCUT2D eigenvalue weighted by Crippen LogP contribution is -2.61. The first kappa shape index (κ1) is 46.8. The largest absolute Gasteiger partial charge is 0.508 e. The molecule has 0 aliphatic rings. The van der Waals surface area contributed by atoms with Crippen LogP contribution in [0.4, 0.5) is 0 Å². The number of amides is 6. The molecule has 1 aromatic rings. The SMILES string of the molecule is CC[C@H](C)[C@H](NC(=O)[C@@H](NC(=O)Cc1ccc(O)cc1)C(C)C)C(=O)NC(CC(=O)N(CC)CC)C(=O)N[C@@H](CC(=O)O)C(=O)N[C@@H](CC(C)C)C(=O)O. The molecule has 17 nitrogen and oxygen atoms in total. The van der Waals surface area contributed by atoms with Crippen LogP contribution in [0.5, 0.6) is 5.75 Å². The Labute approximate surface area is 316 Å². The van der Waals surface area contributed by atoms with E-state index in [0.717, 1.165) is 0 Å². The van der Waals surface area contributed by atoms with Gasteiger partial charge in [-0.3, -0.25) is 33.6 Å². The number of carbonyl (C=O) groups excluding carboxylic acids is 6. The van der Waals surface area contributed by atoms with Gasteiger partial charge in [0.25, 0.3) is 0 Å². The maximum Gasteiger partial charge on any atom is 0.326 e. The predicted octanol–water partition coefficient (Wildman–Crippen LogP) is 0.925. The van der Waals surface area contributed by atoms with Crippen LogP contribution < -0.4 is 26.6 Å². The maximum atomic E-state index is 13.9. The molecule has 17 heteroatoms. The van der Waals surface area contributed by atoms with Gasteiger partial charge < -0.3 is 46.8 Å². The van der Waals surface area contributed by atoms with Crippen molar-refractivity contribution in [2.75, 3.05) is 13.1 Å². The molecular weight excluding hydrogens is 704 g/mol. The van der Waals surface area contributed by atoms with E-state index >= 15 is 0 Å². The Morgan fingerprint density at radius 3 is 1.61 bits per heavy atom. The van der Waals surface area contributed by atoms with E-state index < -0.39 is 102 Å². The lowest BCUT2D eigenvalue weighted by Gasteiger charge is -2.30. The zero-order chi connectivity index (χ0) is 41.3. The minimum absolute atomic E-state index is 0.0222. The Balaban J connectivity index is 3.38. The first-order valence-electron chi connectivity index (χ1n) is 18.2. The van der Waals surface area contributed by atoms with Crippen LogP contribution in [0.1, 0.15) is 86.6 Å². The normalized spacial score (nSPS) is 14.4. The molecular formula is C37H58N6O11. The van der Waals surface area contributed by atoms with Crippen molar-refractivity contribution in [3.05, 3.63) is 29.8 Å². The standard InChI is InChI=1S/C37H58N6O11/c1-9-22(8)32(42-35(51)31(21(6)7)41-28(45)17-23-12-14-24(44)15-13-23)36(52)39-25(18-29(46)43(10-2)11-3)33(49)38-26(19-30(47)48)34(50)40-27(37(53)54)16-20(4)5/h12-15,20-22,25-27,31-32,44H,9-11,16-19H2,1-8H3,(H,38,49)(H,39,52)(H,40,50)(H,41,45)(H,42,51)(H,47,48)(H,53,54)/t22-,25?,26-,27-,31-,32-/m0/s1. The molecule has 0 radical (unpaired) electrons. The molecule has 1 rings (SSSR count). The van der Waals surface area contributed by atoms with Gasteiger partial charge in [0.15, 0.2) is 0 Å². The van der Waals surface area contributed by atoms with Crippen LogP contribution in [0.3, 0.4) is 0 Å². The van der Waals surface area contributed by atoms with Crippen LogP contribution in [0.25, 0.3) is 0 Å². The van der Waals surface area contributed by atoms with Gasteiger partial charge in [-0.25, -0.2) is 4.79 Å². The monoisotopic (exact) mass is 762 g/mol. The van der Waals surface area contributed by atoms with Crippen molar-refractivity contribution < 1.29 is 53.7 Å². The molecule has 54 heavy (non-hydrogen) atoms. The number of hydrogen-bond acceptors (Lipinski definition) is 9. The highest BCUT2D eigenvalue weighted by Crippen LogP contribution is 2.14. The number of carbonyl (C=O) groups is 8. The van der Waals surface area contributed by atoms with Gasteiger partial charge in [-0.1, -0.05) is 60.1 Å². The number of rotatable bonds is 23. The summed E-state index contributed by atoms with van der Waals surface area (Å²) < 4.78 is 0. The van der Waals surface area contributed by atoms with E-state index in [4.69, 9.17) is 0 Å². The quantitative estimate of drug-likeness (QED) is 0.0778. The molecule has 6 amide bonds. The fourth-order valence-corrected chi connectivity index (χ4v) is 5.48. The number of aliphatic carboxylic acids is 2. The number of nitrogens with zero attached hydrogens (tertiary/aromatic N) is 1. The summed E-state index contributed by atoms with van der Waals surface area (Å²) >= 11 is 0. The van der Waals surface area contributed by atoms with Crippen LogP contribution >= 0.6 is 0 Å². The van der Waals surface area contributed by atoms with E-state index in [1.807, 2.05) is 0 Å². The lowest BCUT2D eigenvalue weighted by molar-refractivity contribution is -0.144. The second kappa shape index (κ2) is 22.8. The summed E-state index contributed by atoms with van der Waals surface area (Å²) in [4.78, 5) is 105. The summed E-state index contributed by atoms with van der Waals surface area (Å²) in [5.74, 6) is -8.64.